The smallest absolute Gasteiger partial charge is 0.272 e. The van der Waals surface area contributed by atoms with Gasteiger partial charge in [-0.15, -0.1) is 0 Å². The lowest BCUT2D eigenvalue weighted by atomic mass is 9.96. The number of fused-ring (bicyclic) bond motifs is 1. The van der Waals surface area contributed by atoms with Gasteiger partial charge in [0, 0.05) is 17.8 Å². The van der Waals surface area contributed by atoms with Crippen LogP contribution in [0.15, 0.2) is 0 Å². The number of aryl methyl sites for hydroxylation is 1. The predicted molar refractivity (Wildman–Crippen MR) is 74.3 cm³/mol. The van der Waals surface area contributed by atoms with Crippen LogP contribution in [0.2, 0.25) is 0 Å². The van der Waals surface area contributed by atoms with Crippen molar-refractivity contribution in [2.75, 3.05) is 18.1 Å². The Kier molecular flexibility index (Phi) is 3.54. The van der Waals surface area contributed by atoms with Crippen molar-refractivity contribution in [1.29, 1.82) is 0 Å². The van der Waals surface area contributed by atoms with Crippen molar-refractivity contribution in [3.8, 4) is 0 Å². The van der Waals surface area contributed by atoms with Crippen LogP contribution in [0.4, 0.5) is 0 Å². The third kappa shape index (κ3) is 2.72. The van der Waals surface area contributed by atoms with Crippen molar-refractivity contribution in [2.24, 2.45) is 5.92 Å². The Hall–Kier alpha value is -1.37. The Morgan fingerprint density at radius 1 is 1.35 bits per heavy atom. The molecule has 7 heteroatoms. The van der Waals surface area contributed by atoms with E-state index in [1.165, 1.54) is 0 Å². The SMILES string of the molecule is O=C(NCC1CCS(=O)(=O)C1)c1n[nH]c2c1CCCC2. The molecule has 2 aliphatic rings. The molecule has 1 atom stereocenters. The third-order valence-corrected chi connectivity index (χ3v) is 5.99. The summed E-state index contributed by atoms with van der Waals surface area (Å²) in [4.78, 5) is 12.2. The number of hydrogen-bond donors (Lipinski definition) is 2. The number of nitrogens with zero attached hydrogens (tertiary/aromatic N) is 1. The number of sulfone groups is 1. The minimum atomic E-state index is -2.88. The van der Waals surface area contributed by atoms with Gasteiger partial charge in [-0.25, -0.2) is 8.42 Å². The van der Waals surface area contributed by atoms with Crippen LogP contribution in [-0.4, -0.2) is 42.6 Å². The van der Waals surface area contributed by atoms with Crippen molar-refractivity contribution < 1.29 is 13.2 Å². The first-order valence-corrected chi connectivity index (χ1v) is 8.92. The molecule has 1 aliphatic heterocycles. The van der Waals surface area contributed by atoms with Crippen molar-refractivity contribution in [3.63, 3.8) is 0 Å². The number of nitrogens with one attached hydrogen (secondary N) is 2. The maximum absolute atomic E-state index is 12.2. The second-order valence-corrected chi connectivity index (χ2v) is 7.94. The lowest BCUT2D eigenvalue weighted by molar-refractivity contribution is 0.0942. The molecule has 2 heterocycles. The van der Waals surface area contributed by atoms with Crippen molar-refractivity contribution in [1.82, 2.24) is 15.5 Å². The lowest BCUT2D eigenvalue weighted by Gasteiger charge is -2.12. The second kappa shape index (κ2) is 5.20. The van der Waals surface area contributed by atoms with Crippen LogP contribution in [0.1, 0.15) is 41.0 Å². The maximum Gasteiger partial charge on any atom is 0.272 e. The maximum atomic E-state index is 12.2. The predicted octanol–water partition coefficient (Wildman–Crippen LogP) is 0.453. The first kappa shape index (κ1) is 13.6. The van der Waals surface area contributed by atoms with Crippen molar-refractivity contribution in [2.45, 2.75) is 32.1 Å². The van der Waals surface area contributed by atoms with Crippen LogP contribution in [0.3, 0.4) is 0 Å². The number of H-pyrrole nitrogens is 1. The number of aromatic nitrogens is 2. The molecule has 0 spiro atoms. The van der Waals surface area contributed by atoms with Gasteiger partial charge in [-0.1, -0.05) is 0 Å². The minimum Gasteiger partial charge on any atom is -0.350 e. The summed E-state index contributed by atoms with van der Waals surface area (Å²) in [6.45, 7) is 0.416. The molecule has 1 fully saturated rings. The molecule has 0 bridgehead atoms. The van der Waals surface area contributed by atoms with Gasteiger partial charge in [-0.3, -0.25) is 9.89 Å². The molecule has 3 rings (SSSR count). The van der Waals surface area contributed by atoms with E-state index in [4.69, 9.17) is 0 Å². The zero-order valence-electron chi connectivity index (χ0n) is 11.3. The molecule has 110 valence electrons. The fourth-order valence-electron chi connectivity index (χ4n) is 3.02. The van der Waals surface area contributed by atoms with E-state index in [0.29, 0.717) is 18.7 Å². The average Bonchev–Trinajstić information content (AvgIpc) is 2.99. The summed E-state index contributed by atoms with van der Waals surface area (Å²) >= 11 is 0. The molecule has 0 aromatic carbocycles. The summed E-state index contributed by atoms with van der Waals surface area (Å²) in [6, 6.07) is 0. The molecule has 20 heavy (non-hydrogen) atoms. The molecule has 1 amide bonds. The first-order valence-electron chi connectivity index (χ1n) is 7.10. The van der Waals surface area contributed by atoms with E-state index in [2.05, 4.69) is 15.5 Å². The standard InChI is InChI=1S/C13H19N3O3S/c17-13(14-7-9-5-6-20(18,19)8-9)12-10-3-1-2-4-11(10)15-16-12/h9H,1-8H2,(H,14,17)(H,15,16). The van der Waals surface area contributed by atoms with Crippen LogP contribution in [0.25, 0.3) is 0 Å². The molecule has 1 unspecified atom stereocenters. The second-order valence-electron chi connectivity index (χ2n) is 5.72. The molecular formula is C13H19N3O3S. The molecule has 1 aliphatic carbocycles. The number of hydrogen-bond acceptors (Lipinski definition) is 4. The summed E-state index contributed by atoms with van der Waals surface area (Å²) < 4.78 is 22.8. The summed E-state index contributed by atoms with van der Waals surface area (Å²) in [5.74, 6) is 0.282. The van der Waals surface area contributed by atoms with Crippen molar-refractivity contribution in [3.05, 3.63) is 17.0 Å². The Morgan fingerprint density at radius 2 is 2.15 bits per heavy atom. The van der Waals surface area contributed by atoms with Crippen molar-refractivity contribution >= 4 is 15.7 Å². The highest BCUT2D eigenvalue weighted by molar-refractivity contribution is 7.91. The summed E-state index contributed by atoms with van der Waals surface area (Å²) in [6.07, 6.45) is 4.72. The molecule has 1 saturated heterocycles. The lowest BCUT2D eigenvalue weighted by Crippen LogP contribution is -2.30. The van der Waals surface area contributed by atoms with Gasteiger partial charge in [0.1, 0.15) is 0 Å². The number of carbonyl (C=O) groups excluding carboxylic acids is 1. The van der Waals surface area contributed by atoms with E-state index in [9.17, 15) is 13.2 Å². The van der Waals surface area contributed by atoms with Crippen LogP contribution in [0, 0.1) is 5.92 Å². The van der Waals surface area contributed by atoms with E-state index in [0.717, 1.165) is 36.9 Å². The van der Waals surface area contributed by atoms with E-state index < -0.39 is 9.84 Å². The van der Waals surface area contributed by atoms with Gasteiger partial charge in [0.2, 0.25) is 0 Å². The molecule has 2 N–H and O–H groups in total. The van der Waals surface area contributed by atoms with E-state index in [1.54, 1.807) is 0 Å². The highest BCUT2D eigenvalue weighted by atomic mass is 32.2. The van der Waals surface area contributed by atoms with Crippen LogP contribution < -0.4 is 5.32 Å². The van der Waals surface area contributed by atoms with Gasteiger partial charge in [0.05, 0.1) is 11.5 Å². The first-order chi connectivity index (χ1) is 9.55. The third-order valence-electron chi connectivity index (χ3n) is 4.15. The molecule has 1 aromatic rings. The van der Waals surface area contributed by atoms with Gasteiger partial charge in [0.15, 0.2) is 15.5 Å². The average molecular weight is 297 g/mol. The molecular weight excluding hydrogens is 278 g/mol. The van der Waals surface area contributed by atoms with Gasteiger partial charge in [0.25, 0.3) is 5.91 Å². The minimum absolute atomic E-state index is 0.0405. The van der Waals surface area contributed by atoms with Crippen LogP contribution >= 0.6 is 0 Å². The fourth-order valence-corrected chi connectivity index (χ4v) is 4.88. The van der Waals surface area contributed by atoms with E-state index in [-0.39, 0.29) is 23.3 Å². The molecule has 6 nitrogen and oxygen atoms in total. The summed E-state index contributed by atoms with van der Waals surface area (Å²) in [5.41, 5.74) is 2.60. The largest absolute Gasteiger partial charge is 0.350 e. The van der Waals surface area contributed by atoms with Gasteiger partial charge in [-0.05, 0) is 38.0 Å². The molecule has 0 radical (unpaired) electrons. The van der Waals surface area contributed by atoms with Gasteiger partial charge >= 0.3 is 0 Å². The monoisotopic (exact) mass is 297 g/mol. The van der Waals surface area contributed by atoms with Crippen LogP contribution in [0.5, 0.6) is 0 Å². The zero-order valence-corrected chi connectivity index (χ0v) is 12.1. The Labute approximate surface area is 118 Å². The number of amides is 1. The summed E-state index contributed by atoms with van der Waals surface area (Å²) in [7, 11) is -2.88. The quantitative estimate of drug-likeness (QED) is 0.847. The van der Waals surface area contributed by atoms with Gasteiger partial charge < -0.3 is 5.32 Å². The van der Waals surface area contributed by atoms with E-state index >= 15 is 0 Å². The summed E-state index contributed by atoms with van der Waals surface area (Å²) in [5, 5.41) is 9.89. The number of aromatic amines is 1. The Balaban J connectivity index is 1.61. The van der Waals surface area contributed by atoms with Crippen LogP contribution in [-0.2, 0) is 22.7 Å². The zero-order chi connectivity index (χ0) is 14.2. The Morgan fingerprint density at radius 3 is 2.90 bits per heavy atom. The fraction of sp³-hybridized carbons (Fsp3) is 0.692. The highest BCUT2D eigenvalue weighted by Gasteiger charge is 2.29. The Bertz CT molecular complexity index is 621. The molecule has 0 saturated carbocycles. The topological polar surface area (TPSA) is 91.9 Å². The highest BCUT2D eigenvalue weighted by Crippen LogP contribution is 2.22. The van der Waals surface area contributed by atoms with Gasteiger partial charge in [-0.2, -0.15) is 5.10 Å². The van der Waals surface area contributed by atoms with E-state index in [1.807, 2.05) is 0 Å². The normalized spacial score (nSPS) is 24.3. The molecule has 1 aromatic heterocycles. The number of carbonyl (C=O) groups is 1. The number of rotatable bonds is 3.